The van der Waals surface area contributed by atoms with Crippen LogP contribution in [0.5, 0.6) is 0 Å². The van der Waals surface area contributed by atoms with Gasteiger partial charge in [0, 0.05) is 0 Å². The molecule has 0 aliphatic carbocycles. The Hall–Kier alpha value is -1.93. The molecule has 11 heteroatoms. The second-order valence-electron chi connectivity index (χ2n) is 16.8. The second-order valence-corrected chi connectivity index (χ2v) is 16.8. The first kappa shape index (κ1) is 56.1. The standard InChI is InChI=1S/C49H89NO10/c1-3-5-7-9-11-13-15-16-17-18-19-20-21-22-23-24-25-27-28-30-32-34-36-41(52)44(54)40(39-59-49-47(57)46(56)45(55)43(38-51)60-49)50-48(58)42(53)37-35-33-31-29-26-14-12-10-8-6-4-2/h12,14,19-20,23-24,28,30,40-47,49,51-57H,3-11,13,15-18,21-22,25-27,29,31-39H2,1-2H3,(H,50,58)/b14-12-,20-19+,24-23+,30-28+. The Balaban J connectivity index is 2.45. The first-order valence-corrected chi connectivity index (χ1v) is 24.0. The minimum Gasteiger partial charge on any atom is -0.394 e. The zero-order chi connectivity index (χ0) is 44.1. The van der Waals surface area contributed by atoms with Crippen LogP contribution in [-0.4, -0.2) is 110 Å². The van der Waals surface area contributed by atoms with E-state index < -0.39 is 74.2 Å². The Kier molecular flexibility index (Phi) is 36.2. The van der Waals surface area contributed by atoms with Crippen LogP contribution in [0.3, 0.4) is 0 Å². The molecule has 1 heterocycles. The van der Waals surface area contributed by atoms with Crippen LogP contribution in [-0.2, 0) is 14.3 Å². The summed E-state index contributed by atoms with van der Waals surface area (Å²) in [5.74, 6) is -0.726. The van der Waals surface area contributed by atoms with E-state index in [1.807, 2.05) is 0 Å². The molecule has 0 saturated carbocycles. The van der Waals surface area contributed by atoms with Crippen LogP contribution in [0.2, 0.25) is 0 Å². The van der Waals surface area contributed by atoms with Crippen molar-refractivity contribution < 1.29 is 50.0 Å². The van der Waals surface area contributed by atoms with Gasteiger partial charge in [-0.2, -0.15) is 0 Å². The van der Waals surface area contributed by atoms with Crippen molar-refractivity contribution in [2.75, 3.05) is 13.2 Å². The molecule has 0 aromatic carbocycles. The predicted molar refractivity (Wildman–Crippen MR) is 242 cm³/mol. The lowest BCUT2D eigenvalue weighted by atomic mass is 9.98. The number of aliphatic hydroxyl groups excluding tert-OH is 7. The Morgan fingerprint density at radius 2 is 1.00 bits per heavy atom. The summed E-state index contributed by atoms with van der Waals surface area (Å²) in [5, 5.41) is 75.6. The number of carbonyl (C=O) groups is 1. The molecule has 0 aromatic rings. The number of nitrogens with one attached hydrogen (secondary N) is 1. The first-order valence-electron chi connectivity index (χ1n) is 24.0. The van der Waals surface area contributed by atoms with Crippen molar-refractivity contribution in [1.82, 2.24) is 5.32 Å². The lowest BCUT2D eigenvalue weighted by Crippen LogP contribution is -2.60. The average molecular weight is 852 g/mol. The van der Waals surface area contributed by atoms with Crippen molar-refractivity contribution in [1.29, 1.82) is 0 Å². The molecule has 8 N–H and O–H groups in total. The minimum atomic E-state index is -1.67. The summed E-state index contributed by atoms with van der Waals surface area (Å²) in [6, 6.07) is -1.20. The van der Waals surface area contributed by atoms with Crippen molar-refractivity contribution in [3.8, 4) is 0 Å². The highest BCUT2D eigenvalue weighted by atomic mass is 16.7. The molecule has 1 aliphatic rings. The van der Waals surface area contributed by atoms with E-state index in [9.17, 15) is 40.5 Å². The Morgan fingerprint density at radius 1 is 0.567 bits per heavy atom. The summed E-state index contributed by atoms with van der Waals surface area (Å²) in [7, 11) is 0. The first-order chi connectivity index (χ1) is 29.2. The number of ether oxygens (including phenoxy) is 2. The number of allylic oxidation sites excluding steroid dienone is 8. The topological polar surface area (TPSA) is 189 Å². The van der Waals surface area contributed by atoms with Crippen LogP contribution in [0.25, 0.3) is 0 Å². The molecule has 0 aromatic heterocycles. The molecule has 1 aliphatic heterocycles. The molecule has 1 fully saturated rings. The van der Waals surface area contributed by atoms with Gasteiger partial charge in [0.1, 0.15) is 36.6 Å². The molecule has 1 amide bonds. The molecule has 1 saturated heterocycles. The fourth-order valence-corrected chi connectivity index (χ4v) is 7.29. The number of rotatable bonds is 39. The maximum Gasteiger partial charge on any atom is 0.249 e. The minimum absolute atomic E-state index is 0.233. The highest BCUT2D eigenvalue weighted by Crippen LogP contribution is 2.23. The average Bonchev–Trinajstić information content (AvgIpc) is 3.25. The SMILES string of the molecule is CCCCC/C=C\CCCCCCC(O)C(=O)NC(COC1OC(CO)C(O)C(O)C1O)C(O)C(O)CCC/C=C/CC/C=C/CC/C=C/CCCCCCCCCCC. The molecular formula is C49H89NO10. The number of amides is 1. The summed E-state index contributed by atoms with van der Waals surface area (Å²) < 4.78 is 11.1. The fraction of sp³-hybridized carbons (Fsp3) is 0.816. The van der Waals surface area contributed by atoms with Gasteiger partial charge >= 0.3 is 0 Å². The molecule has 350 valence electrons. The summed E-state index contributed by atoms with van der Waals surface area (Å²) in [6.45, 7) is 3.36. The van der Waals surface area contributed by atoms with Crippen LogP contribution in [0.15, 0.2) is 48.6 Å². The summed E-state index contributed by atoms with van der Waals surface area (Å²) in [5.41, 5.74) is 0. The van der Waals surface area contributed by atoms with Gasteiger partial charge in [0.25, 0.3) is 0 Å². The van der Waals surface area contributed by atoms with Crippen molar-refractivity contribution in [3.63, 3.8) is 0 Å². The van der Waals surface area contributed by atoms with E-state index in [0.717, 1.165) is 57.8 Å². The van der Waals surface area contributed by atoms with Gasteiger partial charge in [-0.25, -0.2) is 0 Å². The second kappa shape index (κ2) is 38.7. The third kappa shape index (κ3) is 27.9. The Labute approximate surface area is 364 Å². The van der Waals surface area contributed by atoms with Crippen LogP contribution in [0.1, 0.15) is 187 Å². The molecule has 0 bridgehead atoms. The third-order valence-electron chi connectivity index (χ3n) is 11.3. The van der Waals surface area contributed by atoms with E-state index in [1.165, 1.54) is 83.5 Å². The zero-order valence-electron chi connectivity index (χ0n) is 37.7. The van der Waals surface area contributed by atoms with Crippen molar-refractivity contribution in [3.05, 3.63) is 48.6 Å². The monoisotopic (exact) mass is 852 g/mol. The molecule has 1 rings (SSSR count). The molecule has 9 atom stereocenters. The predicted octanol–water partition coefficient (Wildman–Crippen LogP) is 8.17. The highest BCUT2D eigenvalue weighted by molar-refractivity contribution is 5.80. The summed E-state index contributed by atoms with van der Waals surface area (Å²) in [4.78, 5) is 13.0. The van der Waals surface area contributed by atoms with Gasteiger partial charge in [0.15, 0.2) is 6.29 Å². The number of aliphatic hydroxyl groups is 7. The maximum absolute atomic E-state index is 13.0. The van der Waals surface area contributed by atoms with E-state index in [4.69, 9.17) is 9.47 Å². The summed E-state index contributed by atoms with van der Waals surface area (Å²) >= 11 is 0. The number of hydrogen-bond donors (Lipinski definition) is 8. The van der Waals surface area contributed by atoms with Crippen LogP contribution in [0, 0.1) is 0 Å². The molecule has 0 spiro atoms. The van der Waals surface area contributed by atoms with E-state index in [0.29, 0.717) is 19.3 Å². The largest absolute Gasteiger partial charge is 0.394 e. The van der Waals surface area contributed by atoms with Crippen LogP contribution >= 0.6 is 0 Å². The van der Waals surface area contributed by atoms with Crippen molar-refractivity contribution in [2.45, 2.75) is 242 Å². The normalized spacial score (nSPS) is 22.1. The van der Waals surface area contributed by atoms with E-state index in [1.54, 1.807) is 0 Å². The molecule has 11 nitrogen and oxygen atoms in total. The fourth-order valence-electron chi connectivity index (χ4n) is 7.29. The quantitative estimate of drug-likeness (QED) is 0.0221. The van der Waals surface area contributed by atoms with Crippen LogP contribution < -0.4 is 5.32 Å². The van der Waals surface area contributed by atoms with Gasteiger partial charge in [0.05, 0.1) is 25.4 Å². The van der Waals surface area contributed by atoms with Crippen molar-refractivity contribution in [2.24, 2.45) is 0 Å². The van der Waals surface area contributed by atoms with Gasteiger partial charge < -0.3 is 50.5 Å². The van der Waals surface area contributed by atoms with Gasteiger partial charge in [0.2, 0.25) is 5.91 Å². The lowest BCUT2D eigenvalue weighted by Gasteiger charge is -2.40. The Morgan fingerprint density at radius 3 is 1.52 bits per heavy atom. The van der Waals surface area contributed by atoms with Gasteiger partial charge in [-0.3, -0.25) is 4.79 Å². The lowest BCUT2D eigenvalue weighted by molar-refractivity contribution is -0.303. The molecular weight excluding hydrogens is 763 g/mol. The van der Waals surface area contributed by atoms with E-state index in [2.05, 4.69) is 67.8 Å². The Bertz CT molecular complexity index is 1110. The van der Waals surface area contributed by atoms with Crippen molar-refractivity contribution >= 4 is 5.91 Å². The third-order valence-corrected chi connectivity index (χ3v) is 11.3. The van der Waals surface area contributed by atoms with Crippen LogP contribution in [0.4, 0.5) is 0 Å². The van der Waals surface area contributed by atoms with Gasteiger partial charge in [-0.15, -0.1) is 0 Å². The smallest absolute Gasteiger partial charge is 0.249 e. The molecule has 60 heavy (non-hydrogen) atoms. The van der Waals surface area contributed by atoms with E-state index in [-0.39, 0.29) is 12.8 Å². The molecule has 9 unspecified atom stereocenters. The maximum atomic E-state index is 13.0. The summed E-state index contributed by atoms with van der Waals surface area (Å²) in [6.07, 6.45) is 34.6. The molecule has 0 radical (unpaired) electrons. The van der Waals surface area contributed by atoms with Gasteiger partial charge in [-0.05, 0) is 89.9 Å². The number of hydrogen-bond acceptors (Lipinski definition) is 10. The zero-order valence-corrected chi connectivity index (χ0v) is 37.7. The highest BCUT2D eigenvalue weighted by Gasteiger charge is 2.44. The number of carbonyl (C=O) groups excluding carboxylic acids is 1. The number of unbranched alkanes of at least 4 members (excludes halogenated alkanes) is 19. The van der Waals surface area contributed by atoms with E-state index >= 15 is 0 Å². The van der Waals surface area contributed by atoms with Gasteiger partial charge in [-0.1, -0.05) is 146 Å².